The van der Waals surface area contributed by atoms with Gasteiger partial charge in [0.1, 0.15) is 23.8 Å². The second-order valence-electron chi connectivity index (χ2n) is 6.12. The van der Waals surface area contributed by atoms with E-state index < -0.39 is 0 Å². The first kappa shape index (κ1) is 20.7. The summed E-state index contributed by atoms with van der Waals surface area (Å²) in [5, 5.41) is 0.805. The Morgan fingerprint density at radius 1 is 1.21 bits per heavy atom. The molecule has 1 aliphatic rings. The average Bonchev–Trinajstić information content (AvgIpc) is 2.92. The molecular formula is C22H19ClN2O3S. The maximum atomic E-state index is 13.1. The van der Waals surface area contributed by atoms with E-state index >= 15 is 0 Å². The van der Waals surface area contributed by atoms with E-state index in [-0.39, 0.29) is 12.5 Å². The van der Waals surface area contributed by atoms with Gasteiger partial charge in [-0.05, 0) is 67.2 Å². The molecule has 29 heavy (non-hydrogen) atoms. The minimum absolute atomic E-state index is 0.132. The van der Waals surface area contributed by atoms with Crippen molar-refractivity contribution in [2.24, 2.45) is 0 Å². The van der Waals surface area contributed by atoms with Crippen molar-refractivity contribution in [2.45, 2.75) is 6.92 Å². The van der Waals surface area contributed by atoms with Gasteiger partial charge in [0.15, 0.2) is 5.11 Å². The summed E-state index contributed by atoms with van der Waals surface area (Å²) in [6.45, 7) is 2.62. The summed E-state index contributed by atoms with van der Waals surface area (Å²) in [5.41, 5.74) is 1.86. The number of hydrogen-bond donors (Lipinski definition) is 0. The zero-order valence-corrected chi connectivity index (χ0v) is 17.6. The molecule has 0 saturated carbocycles. The van der Waals surface area contributed by atoms with Gasteiger partial charge in [-0.3, -0.25) is 9.69 Å². The Bertz CT molecular complexity index is 1010. The van der Waals surface area contributed by atoms with Crippen molar-refractivity contribution in [1.29, 1.82) is 0 Å². The van der Waals surface area contributed by atoms with E-state index in [2.05, 4.69) is 5.92 Å². The predicted octanol–water partition coefficient (Wildman–Crippen LogP) is 4.36. The van der Waals surface area contributed by atoms with Crippen LogP contribution >= 0.6 is 23.8 Å². The highest BCUT2D eigenvalue weighted by atomic mass is 35.5. The lowest BCUT2D eigenvalue weighted by Gasteiger charge is -2.16. The van der Waals surface area contributed by atoms with Crippen molar-refractivity contribution in [1.82, 2.24) is 4.90 Å². The van der Waals surface area contributed by atoms with Crippen LogP contribution < -0.4 is 14.4 Å². The zero-order valence-electron chi connectivity index (χ0n) is 16.0. The van der Waals surface area contributed by atoms with E-state index in [4.69, 9.17) is 39.7 Å². The van der Waals surface area contributed by atoms with Crippen LogP contribution in [0.3, 0.4) is 0 Å². The van der Waals surface area contributed by atoms with Crippen LogP contribution in [0.1, 0.15) is 12.5 Å². The number of carbonyl (C=O) groups is 1. The molecule has 148 valence electrons. The van der Waals surface area contributed by atoms with E-state index in [1.165, 1.54) is 4.90 Å². The van der Waals surface area contributed by atoms with Crippen LogP contribution in [0.5, 0.6) is 11.5 Å². The van der Waals surface area contributed by atoms with Gasteiger partial charge in [0, 0.05) is 7.05 Å². The molecule has 0 aromatic heterocycles. The second kappa shape index (κ2) is 8.99. The molecule has 2 aromatic carbocycles. The molecule has 0 N–H and O–H groups in total. The van der Waals surface area contributed by atoms with Gasteiger partial charge in [-0.25, -0.2) is 0 Å². The molecule has 3 rings (SSSR count). The second-order valence-corrected chi connectivity index (χ2v) is 6.89. The molecule has 1 heterocycles. The largest absolute Gasteiger partial charge is 0.494 e. The zero-order chi connectivity index (χ0) is 21.0. The monoisotopic (exact) mass is 426 g/mol. The molecule has 1 aliphatic heterocycles. The number of nitrogens with zero attached hydrogens (tertiary/aromatic N) is 2. The fraction of sp³-hybridized carbons (Fsp3) is 0.182. The van der Waals surface area contributed by atoms with Gasteiger partial charge in [0.05, 0.1) is 17.3 Å². The van der Waals surface area contributed by atoms with Crippen molar-refractivity contribution in [3.63, 3.8) is 0 Å². The number of ether oxygens (including phenoxy) is 2. The fourth-order valence-electron chi connectivity index (χ4n) is 2.84. The quantitative estimate of drug-likeness (QED) is 0.390. The number of rotatable bonds is 6. The molecule has 0 unspecified atom stereocenters. The lowest BCUT2D eigenvalue weighted by atomic mass is 10.1. The number of likely N-dealkylation sites (N-methyl/N-ethyl adjacent to an activating group) is 1. The number of benzene rings is 2. The lowest BCUT2D eigenvalue weighted by molar-refractivity contribution is -0.114. The number of thiocarbonyl (C=S) groups is 1. The molecule has 0 atom stereocenters. The summed E-state index contributed by atoms with van der Waals surface area (Å²) in [6.07, 6.45) is 6.93. The number of hydrogen-bond acceptors (Lipinski definition) is 4. The van der Waals surface area contributed by atoms with Crippen LogP contribution in [-0.4, -0.2) is 36.2 Å². The van der Waals surface area contributed by atoms with Crippen molar-refractivity contribution in [2.75, 3.05) is 25.2 Å². The van der Waals surface area contributed by atoms with E-state index in [9.17, 15) is 4.79 Å². The highest BCUT2D eigenvalue weighted by molar-refractivity contribution is 7.80. The predicted molar refractivity (Wildman–Crippen MR) is 119 cm³/mol. The third kappa shape index (κ3) is 4.37. The van der Waals surface area contributed by atoms with Crippen LogP contribution in [0.2, 0.25) is 5.02 Å². The number of anilines is 1. The van der Waals surface area contributed by atoms with E-state index in [0.717, 1.165) is 11.3 Å². The molecule has 7 heteroatoms. The maximum Gasteiger partial charge on any atom is 0.281 e. The number of halogens is 1. The molecule has 1 amide bonds. The standard InChI is InChI=1S/C22H19ClN2O3S/c1-4-12-28-20-11-6-15(13-18(20)23)14-19-21(26)25(22(29)24(19)3)16-7-9-17(10-8-16)27-5-2/h1,6-11,13-14H,5,12H2,2-3H3. The Morgan fingerprint density at radius 3 is 2.55 bits per heavy atom. The van der Waals surface area contributed by atoms with Crippen molar-refractivity contribution >= 4 is 46.6 Å². The van der Waals surface area contributed by atoms with Gasteiger partial charge in [-0.1, -0.05) is 23.6 Å². The Kier molecular flexibility index (Phi) is 6.42. The highest BCUT2D eigenvalue weighted by Crippen LogP contribution is 2.31. The smallest absolute Gasteiger partial charge is 0.281 e. The van der Waals surface area contributed by atoms with Crippen LogP contribution in [0.25, 0.3) is 6.08 Å². The minimum Gasteiger partial charge on any atom is -0.494 e. The average molecular weight is 427 g/mol. The number of amides is 1. The van der Waals surface area contributed by atoms with Gasteiger partial charge >= 0.3 is 0 Å². The first-order chi connectivity index (χ1) is 14.0. The first-order valence-corrected chi connectivity index (χ1v) is 9.67. The summed E-state index contributed by atoms with van der Waals surface area (Å²) in [6, 6.07) is 12.5. The summed E-state index contributed by atoms with van der Waals surface area (Å²) in [4.78, 5) is 16.2. The molecule has 0 bridgehead atoms. The van der Waals surface area contributed by atoms with Crippen LogP contribution in [-0.2, 0) is 4.79 Å². The Morgan fingerprint density at radius 2 is 1.93 bits per heavy atom. The third-order valence-electron chi connectivity index (χ3n) is 4.24. The van der Waals surface area contributed by atoms with Gasteiger partial charge < -0.3 is 14.4 Å². The topological polar surface area (TPSA) is 42.0 Å². The first-order valence-electron chi connectivity index (χ1n) is 8.88. The molecule has 2 aromatic rings. The normalized spacial score (nSPS) is 15.0. The van der Waals surface area contributed by atoms with Gasteiger partial charge in [-0.2, -0.15) is 0 Å². The SMILES string of the molecule is C#CCOc1ccc(C=C2C(=O)N(c3ccc(OCC)cc3)C(=S)N2C)cc1Cl. The molecular weight excluding hydrogens is 408 g/mol. The van der Waals surface area contributed by atoms with Gasteiger partial charge in [-0.15, -0.1) is 6.42 Å². The molecule has 0 spiro atoms. The van der Waals surface area contributed by atoms with Crippen LogP contribution in [0.4, 0.5) is 5.69 Å². The lowest BCUT2D eigenvalue weighted by Crippen LogP contribution is -2.31. The summed E-state index contributed by atoms with van der Waals surface area (Å²) < 4.78 is 10.8. The van der Waals surface area contributed by atoms with Crippen LogP contribution in [0.15, 0.2) is 48.2 Å². The maximum absolute atomic E-state index is 13.1. The summed E-state index contributed by atoms with van der Waals surface area (Å²) >= 11 is 11.7. The third-order valence-corrected chi connectivity index (χ3v) is 4.99. The van der Waals surface area contributed by atoms with Crippen molar-refractivity contribution in [3.05, 3.63) is 58.7 Å². The minimum atomic E-state index is -0.217. The molecule has 0 radical (unpaired) electrons. The summed E-state index contributed by atoms with van der Waals surface area (Å²) in [7, 11) is 1.76. The van der Waals surface area contributed by atoms with Crippen molar-refractivity contribution < 1.29 is 14.3 Å². The molecule has 5 nitrogen and oxygen atoms in total. The molecule has 1 fully saturated rings. The molecule has 0 aliphatic carbocycles. The Labute approximate surface area is 180 Å². The van der Waals surface area contributed by atoms with Crippen molar-refractivity contribution in [3.8, 4) is 23.8 Å². The van der Waals surface area contributed by atoms with E-state index in [0.29, 0.717) is 33.9 Å². The summed E-state index contributed by atoms with van der Waals surface area (Å²) in [5.74, 6) is 3.40. The number of carbonyl (C=O) groups excluding carboxylic acids is 1. The Hall–Kier alpha value is -3.01. The van der Waals surface area contributed by atoms with Gasteiger partial charge in [0.2, 0.25) is 0 Å². The molecule has 1 saturated heterocycles. The Balaban J connectivity index is 1.87. The van der Waals surface area contributed by atoms with E-state index in [1.54, 1.807) is 48.4 Å². The highest BCUT2D eigenvalue weighted by Gasteiger charge is 2.36. The number of terminal acetylenes is 1. The van der Waals surface area contributed by atoms with E-state index in [1.807, 2.05) is 19.1 Å². The van der Waals surface area contributed by atoms with Crippen LogP contribution in [0, 0.1) is 12.3 Å². The van der Waals surface area contributed by atoms with Gasteiger partial charge in [0.25, 0.3) is 5.91 Å². The fourth-order valence-corrected chi connectivity index (χ4v) is 3.37.